The predicted octanol–water partition coefficient (Wildman–Crippen LogP) is 4.14. The second kappa shape index (κ2) is 8.04. The van der Waals surface area contributed by atoms with Crippen LogP contribution < -0.4 is 5.32 Å². The Morgan fingerprint density at radius 2 is 1.88 bits per heavy atom. The van der Waals surface area contributed by atoms with Crippen molar-refractivity contribution in [2.24, 2.45) is 0 Å². The number of H-pyrrole nitrogens is 1. The number of thioether (sulfide) groups is 1. The largest absolute Gasteiger partial charge is 0.351 e. The molecule has 1 heterocycles. The number of aromatic amines is 1. The van der Waals surface area contributed by atoms with Gasteiger partial charge in [-0.15, -0.1) is 0 Å². The van der Waals surface area contributed by atoms with E-state index in [9.17, 15) is 4.79 Å². The van der Waals surface area contributed by atoms with Crippen LogP contribution in [0.15, 0.2) is 66.0 Å². The van der Waals surface area contributed by atoms with E-state index in [-0.39, 0.29) is 5.91 Å². The van der Waals surface area contributed by atoms with E-state index in [1.165, 1.54) is 11.8 Å². The molecule has 3 aromatic rings. The Balaban J connectivity index is 1.50. The molecule has 2 aromatic carbocycles. The third kappa shape index (κ3) is 4.63. The van der Waals surface area contributed by atoms with Crippen LogP contribution in [0.4, 0.5) is 0 Å². The van der Waals surface area contributed by atoms with Gasteiger partial charge < -0.3 is 10.3 Å². The number of imidazole rings is 1. The number of hydrogen-bond donors (Lipinski definition) is 2. The Hall–Kier alpha value is -2.24. The normalized spacial score (nSPS) is 10.5. The van der Waals surface area contributed by atoms with Crippen LogP contribution in [0.3, 0.4) is 0 Å². The lowest BCUT2D eigenvalue weighted by Crippen LogP contribution is -2.24. The van der Waals surface area contributed by atoms with Crippen LogP contribution in [-0.4, -0.2) is 21.6 Å². The van der Waals surface area contributed by atoms with Crippen molar-refractivity contribution in [2.75, 3.05) is 5.75 Å². The van der Waals surface area contributed by atoms with Crippen molar-refractivity contribution < 1.29 is 4.79 Å². The summed E-state index contributed by atoms with van der Waals surface area (Å²) in [6.07, 6.45) is 1.76. The quantitative estimate of drug-likeness (QED) is 0.652. The molecule has 6 heteroatoms. The van der Waals surface area contributed by atoms with Crippen LogP contribution in [0, 0.1) is 0 Å². The molecule has 0 radical (unpaired) electrons. The number of nitrogens with zero attached hydrogens (tertiary/aromatic N) is 1. The lowest BCUT2D eigenvalue weighted by molar-refractivity contribution is -0.118. The van der Waals surface area contributed by atoms with Gasteiger partial charge in [-0.05, 0) is 23.3 Å². The standard InChI is InChI=1S/C18H16ClN3OS/c19-15-8-6-14(7-9-15)16-11-21-18(22-16)24-12-17(23)20-10-13-4-2-1-3-5-13/h1-9,11H,10,12H2,(H,20,23)(H,21,22). The summed E-state index contributed by atoms with van der Waals surface area (Å²) in [6.45, 7) is 0.536. The van der Waals surface area contributed by atoms with E-state index in [0.29, 0.717) is 17.3 Å². The second-order valence-electron chi connectivity index (χ2n) is 5.16. The zero-order valence-corrected chi connectivity index (χ0v) is 14.4. The maximum absolute atomic E-state index is 11.9. The summed E-state index contributed by atoms with van der Waals surface area (Å²) in [7, 11) is 0. The number of amides is 1. The molecule has 0 atom stereocenters. The van der Waals surface area contributed by atoms with Crippen LogP contribution in [0.1, 0.15) is 5.56 Å². The Morgan fingerprint density at radius 3 is 2.62 bits per heavy atom. The topological polar surface area (TPSA) is 57.8 Å². The molecular weight excluding hydrogens is 342 g/mol. The third-order valence-electron chi connectivity index (χ3n) is 3.38. The van der Waals surface area contributed by atoms with E-state index in [1.807, 2.05) is 54.6 Å². The van der Waals surface area contributed by atoms with Crippen molar-refractivity contribution in [1.82, 2.24) is 15.3 Å². The van der Waals surface area contributed by atoms with Gasteiger partial charge >= 0.3 is 0 Å². The first-order chi connectivity index (χ1) is 11.7. The fourth-order valence-electron chi connectivity index (χ4n) is 2.13. The maximum Gasteiger partial charge on any atom is 0.230 e. The minimum Gasteiger partial charge on any atom is -0.351 e. The van der Waals surface area contributed by atoms with E-state index in [2.05, 4.69) is 15.3 Å². The molecule has 0 fully saturated rings. The van der Waals surface area contributed by atoms with Crippen molar-refractivity contribution in [2.45, 2.75) is 11.7 Å². The van der Waals surface area contributed by atoms with Gasteiger partial charge in [0, 0.05) is 11.6 Å². The van der Waals surface area contributed by atoms with Crippen molar-refractivity contribution >= 4 is 29.3 Å². The van der Waals surface area contributed by atoms with Crippen LogP contribution in [0.5, 0.6) is 0 Å². The molecule has 1 aromatic heterocycles. The number of halogens is 1. The summed E-state index contributed by atoms with van der Waals surface area (Å²) in [4.78, 5) is 19.4. The van der Waals surface area contributed by atoms with Gasteiger partial charge in [-0.25, -0.2) is 4.98 Å². The van der Waals surface area contributed by atoms with E-state index < -0.39 is 0 Å². The lowest BCUT2D eigenvalue weighted by Gasteiger charge is -2.04. The number of hydrogen-bond acceptors (Lipinski definition) is 3. The Morgan fingerprint density at radius 1 is 1.12 bits per heavy atom. The molecule has 1 amide bonds. The second-order valence-corrected chi connectivity index (χ2v) is 6.56. The zero-order valence-electron chi connectivity index (χ0n) is 12.8. The molecule has 0 spiro atoms. The number of benzene rings is 2. The van der Waals surface area contributed by atoms with E-state index in [4.69, 9.17) is 11.6 Å². The minimum atomic E-state index is -0.0201. The van der Waals surface area contributed by atoms with E-state index >= 15 is 0 Å². The number of rotatable bonds is 6. The molecule has 0 aliphatic heterocycles. The smallest absolute Gasteiger partial charge is 0.230 e. The monoisotopic (exact) mass is 357 g/mol. The molecule has 0 saturated heterocycles. The summed E-state index contributed by atoms with van der Waals surface area (Å²) in [5.74, 6) is 0.300. The first kappa shape index (κ1) is 16.6. The summed E-state index contributed by atoms with van der Waals surface area (Å²) >= 11 is 7.27. The van der Waals surface area contributed by atoms with Crippen LogP contribution in [0.2, 0.25) is 5.02 Å². The van der Waals surface area contributed by atoms with Crippen molar-refractivity contribution in [3.05, 3.63) is 71.4 Å². The SMILES string of the molecule is O=C(CSc1ncc(-c2ccc(Cl)cc2)[nH]1)NCc1ccccc1. The molecule has 0 aliphatic carbocycles. The molecule has 0 saturated carbocycles. The van der Waals surface area contributed by atoms with Gasteiger partial charge in [-0.3, -0.25) is 4.79 Å². The zero-order chi connectivity index (χ0) is 16.8. The lowest BCUT2D eigenvalue weighted by atomic mass is 10.2. The number of carbonyl (C=O) groups excluding carboxylic acids is 1. The highest BCUT2D eigenvalue weighted by Crippen LogP contribution is 2.22. The van der Waals surface area contributed by atoms with Gasteiger partial charge in [0.25, 0.3) is 0 Å². The highest BCUT2D eigenvalue weighted by molar-refractivity contribution is 7.99. The number of aromatic nitrogens is 2. The molecule has 0 bridgehead atoms. The fourth-order valence-corrected chi connectivity index (χ4v) is 2.94. The molecule has 0 unspecified atom stereocenters. The van der Waals surface area contributed by atoms with Gasteiger partial charge in [0.05, 0.1) is 17.6 Å². The number of carbonyl (C=O) groups is 1. The minimum absolute atomic E-state index is 0.0201. The molecule has 122 valence electrons. The van der Waals surface area contributed by atoms with E-state index in [0.717, 1.165) is 22.0 Å². The molecular formula is C18H16ClN3OS. The average Bonchev–Trinajstić information content (AvgIpc) is 3.09. The Kier molecular flexibility index (Phi) is 5.56. The third-order valence-corrected chi connectivity index (χ3v) is 4.52. The van der Waals surface area contributed by atoms with Crippen LogP contribution in [0.25, 0.3) is 11.3 Å². The van der Waals surface area contributed by atoms with Crippen LogP contribution >= 0.6 is 23.4 Å². The Labute approximate surface area is 149 Å². The van der Waals surface area contributed by atoms with Gasteiger partial charge in [0.15, 0.2) is 5.16 Å². The summed E-state index contributed by atoms with van der Waals surface area (Å²) in [5, 5.41) is 4.31. The predicted molar refractivity (Wildman–Crippen MR) is 98.0 cm³/mol. The first-order valence-corrected chi connectivity index (χ1v) is 8.81. The van der Waals surface area contributed by atoms with Gasteiger partial charge in [0.2, 0.25) is 5.91 Å². The average molecular weight is 358 g/mol. The summed E-state index contributed by atoms with van der Waals surface area (Å²) in [5.41, 5.74) is 2.99. The van der Waals surface area contributed by atoms with Crippen molar-refractivity contribution in [3.63, 3.8) is 0 Å². The van der Waals surface area contributed by atoms with Crippen LogP contribution in [-0.2, 0) is 11.3 Å². The molecule has 2 N–H and O–H groups in total. The number of nitrogens with one attached hydrogen (secondary N) is 2. The Bertz CT molecular complexity index is 803. The molecule has 3 rings (SSSR count). The van der Waals surface area contributed by atoms with Gasteiger partial charge in [-0.1, -0.05) is 65.8 Å². The van der Waals surface area contributed by atoms with Gasteiger partial charge in [0.1, 0.15) is 0 Å². The highest BCUT2D eigenvalue weighted by atomic mass is 35.5. The fraction of sp³-hybridized carbons (Fsp3) is 0.111. The van der Waals surface area contributed by atoms with E-state index in [1.54, 1.807) is 6.20 Å². The maximum atomic E-state index is 11.9. The van der Waals surface area contributed by atoms with Crippen molar-refractivity contribution in [1.29, 1.82) is 0 Å². The summed E-state index contributed by atoms with van der Waals surface area (Å²) in [6, 6.07) is 17.4. The molecule has 4 nitrogen and oxygen atoms in total. The first-order valence-electron chi connectivity index (χ1n) is 7.45. The van der Waals surface area contributed by atoms with Crippen molar-refractivity contribution in [3.8, 4) is 11.3 Å². The van der Waals surface area contributed by atoms with Gasteiger partial charge in [-0.2, -0.15) is 0 Å². The molecule has 0 aliphatic rings. The summed E-state index contributed by atoms with van der Waals surface area (Å²) < 4.78 is 0. The highest BCUT2D eigenvalue weighted by Gasteiger charge is 2.07. The molecule has 24 heavy (non-hydrogen) atoms.